The monoisotopic (exact) mass is 459 g/mol. The van der Waals surface area contributed by atoms with E-state index in [0.717, 1.165) is 32.0 Å². The third-order valence-corrected chi connectivity index (χ3v) is 4.70. The third kappa shape index (κ3) is 6.25. The van der Waals surface area contributed by atoms with Crippen LogP contribution in [-0.4, -0.2) is 39.9 Å². The lowest BCUT2D eigenvalue weighted by molar-refractivity contribution is -0.164. The molecule has 2 aromatic carbocycles. The lowest BCUT2D eigenvalue weighted by Crippen LogP contribution is -2.47. The Balaban J connectivity index is 2.48. The van der Waals surface area contributed by atoms with Crippen LogP contribution in [0.5, 0.6) is 5.75 Å². The molecule has 3 N–H and O–H groups in total. The van der Waals surface area contributed by atoms with Gasteiger partial charge in [-0.15, -0.1) is 0 Å². The molecule has 0 radical (unpaired) electrons. The zero-order valence-corrected chi connectivity index (χ0v) is 17.4. The molecule has 0 bridgehead atoms. The predicted molar refractivity (Wildman–Crippen MR) is 107 cm³/mol. The van der Waals surface area contributed by atoms with E-state index in [-0.39, 0.29) is 28.2 Å². The molecule has 0 amide bonds. The number of ketones is 1. The fourth-order valence-corrected chi connectivity index (χ4v) is 3.18. The van der Waals surface area contributed by atoms with Gasteiger partial charge in [0.2, 0.25) is 0 Å². The Morgan fingerprint density at radius 3 is 2.12 bits per heavy atom. The van der Waals surface area contributed by atoms with Crippen LogP contribution in [-0.2, 0) is 4.79 Å². The van der Waals surface area contributed by atoms with Crippen molar-refractivity contribution < 1.29 is 41.8 Å². The zero-order valence-electron chi connectivity index (χ0n) is 17.4. The van der Waals surface area contributed by atoms with Gasteiger partial charge in [0.15, 0.2) is 5.78 Å². The molecule has 0 aliphatic heterocycles. The average molecular weight is 459 g/mol. The minimum Gasteiger partial charge on any atom is -0.507 e. The van der Waals surface area contributed by atoms with Crippen molar-refractivity contribution >= 4 is 11.8 Å². The van der Waals surface area contributed by atoms with Crippen LogP contribution in [0, 0.1) is 5.82 Å². The molecule has 0 fully saturated rings. The summed E-state index contributed by atoms with van der Waals surface area (Å²) >= 11 is 0. The number of hydrogen-bond donors (Lipinski definition) is 3. The molecule has 5 nitrogen and oxygen atoms in total. The van der Waals surface area contributed by atoms with Crippen LogP contribution in [0.2, 0.25) is 0 Å². The number of aromatic hydroxyl groups is 1. The number of nitrogens with one attached hydrogen (secondary N) is 1. The summed E-state index contributed by atoms with van der Waals surface area (Å²) in [6, 6.07) is 1.67. The van der Waals surface area contributed by atoms with Gasteiger partial charge >= 0.3 is 12.1 Å². The number of carboxylic acid groups (broad SMARTS) is 1. The SMILES string of the molecule is CC(=O)c1ccc(O)c(-c2ccc(C(NC(CC(C)(C)F)C(=O)O)C(F)(F)F)cc2F)c1. The van der Waals surface area contributed by atoms with E-state index in [1.165, 1.54) is 19.1 Å². The molecular formula is C22H22F5NO4. The molecule has 0 aromatic heterocycles. The van der Waals surface area contributed by atoms with E-state index in [0.29, 0.717) is 6.07 Å². The maximum Gasteiger partial charge on any atom is 0.407 e. The van der Waals surface area contributed by atoms with Gasteiger partial charge in [0, 0.05) is 23.1 Å². The first kappa shape index (κ1) is 25.3. The molecule has 0 aliphatic rings. The van der Waals surface area contributed by atoms with Gasteiger partial charge in [-0.2, -0.15) is 13.2 Å². The smallest absolute Gasteiger partial charge is 0.407 e. The van der Waals surface area contributed by atoms with E-state index in [2.05, 4.69) is 0 Å². The van der Waals surface area contributed by atoms with Crippen molar-refractivity contribution in [3.05, 3.63) is 53.3 Å². The molecule has 174 valence electrons. The number of carbonyl (C=O) groups excluding carboxylic acids is 1. The van der Waals surface area contributed by atoms with Gasteiger partial charge in [-0.1, -0.05) is 12.1 Å². The molecule has 32 heavy (non-hydrogen) atoms. The van der Waals surface area contributed by atoms with Crippen molar-refractivity contribution in [2.45, 2.75) is 51.1 Å². The van der Waals surface area contributed by atoms with Gasteiger partial charge in [0.1, 0.15) is 29.3 Å². The minimum atomic E-state index is -5.02. The van der Waals surface area contributed by atoms with Crippen LogP contribution in [0.25, 0.3) is 11.1 Å². The zero-order chi connectivity index (χ0) is 24.4. The van der Waals surface area contributed by atoms with Crippen LogP contribution in [0.1, 0.15) is 49.2 Å². The van der Waals surface area contributed by atoms with E-state index in [1.54, 1.807) is 0 Å². The number of Topliss-reactive ketones (excluding diaryl/α,β-unsaturated/α-hetero) is 1. The van der Waals surface area contributed by atoms with E-state index >= 15 is 0 Å². The Morgan fingerprint density at radius 1 is 1.03 bits per heavy atom. The van der Waals surface area contributed by atoms with Gasteiger partial charge < -0.3 is 10.2 Å². The van der Waals surface area contributed by atoms with Gasteiger partial charge in [0.25, 0.3) is 0 Å². The molecule has 2 rings (SSSR count). The highest BCUT2D eigenvalue weighted by Gasteiger charge is 2.44. The molecule has 0 heterocycles. The fraction of sp³-hybridized carbons (Fsp3) is 0.364. The van der Waals surface area contributed by atoms with Crippen molar-refractivity contribution in [1.29, 1.82) is 0 Å². The number of alkyl halides is 4. The second-order valence-electron chi connectivity index (χ2n) is 7.98. The summed E-state index contributed by atoms with van der Waals surface area (Å²) in [7, 11) is 0. The Bertz CT molecular complexity index is 1010. The summed E-state index contributed by atoms with van der Waals surface area (Å²) in [4.78, 5) is 22.9. The number of rotatable bonds is 8. The highest BCUT2D eigenvalue weighted by molar-refractivity contribution is 5.96. The van der Waals surface area contributed by atoms with Gasteiger partial charge in [-0.3, -0.25) is 14.9 Å². The molecular weight excluding hydrogens is 437 g/mol. The van der Waals surface area contributed by atoms with Crippen molar-refractivity contribution in [3.63, 3.8) is 0 Å². The highest BCUT2D eigenvalue weighted by atomic mass is 19.4. The van der Waals surface area contributed by atoms with Crippen LogP contribution in [0.4, 0.5) is 22.0 Å². The maximum absolute atomic E-state index is 14.8. The third-order valence-electron chi connectivity index (χ3n) is 4.70. The average Bonchev–Trinajstić information content (AvgIpc) is 2.63. The van der Waals surface area contributed by atoms with Crippen LogP contribution in [0.15, 0.2) is 36.4 Å². The summed E-state index contributed by atoms with van der Waals surface area (Å²) in [5, 5.41) is 21.1. The van der Waals surface area contributed by atoms with E-state index in [9.17, 15) is 41.8 Å². The topological polar surface area (TPSA) is 86.6 Å². The van der Waals surface area contributed by atoms with Crippen LogP contribution < -0.4 is 5.32 Å². The number of phenols is 1. The summed E-state index contributed by atoms with van der Waals surface area (Å²) in [6.07, 6.45) is -5.76. The van der Waals surface area contributed by atoms with Crippen molar-refractivity contribution in [1.82, 2.24) is 5.32 Å². The van der Waals surface area contributed by atoms with Crippen molar-refractivity contribution in [3.8, 4) is 16.9 Å². The second-order valence-corrected chi connectivity index (χ2v) is 7.98. The first-order chi connectivity index (χ1) is 14.6. The van der Waals surface area contributed by atoms with Crippen LogP contribution >= 0.6 is 0 Å². The lowest BCUT2D eigenvalue weighted by atomic mass is 9.95. The van der Waals surface area contributed by atoms with Gasteiger partial charge in [-0.25, -0.2) is 8.78 Å². The van der Waals surface area contributed by atoms with Crippen molar-refractivity contribution in [2.24, 2.45) is 0 Å². The molecule has 0 aliphatic carbocycles. The summed E-state index contributed by atoms with van der Waals surface area (Å²) in [6.45, 7) is 3.32. The van der Waals surface area contributed by atoms with Crippen LogP contribution in [0.3, 0.4) is 0 Å². The Labute approximate surface area is 180 Å². The Kier molecular flexibility index (Phi) is 7.29. The molecule has 10 heteroatoms. The van der Waals surface area contributed by atoms with E-state index in [4.69, 9.17) is 0 Å². The maximum atomic E-state index is 14.8. The predicted octanol–water partition coefficient (Wildman–Crippen LogP) is 5.19. The fourth-order valence-electron chi connectivity index (χ4n) is 3.18. The number of hydrogen-bond acceptors (Lipinski definition) is 4. The number of carboxylic acids is 1. The highest BCUT2D eigenvalue weighted by Crippen LogP contribution is 2.37. The number of phenolic OH excluding ortho intramolecular Hbond substituents is 1. The Morgan fingerprint density at radius 2 is 1.66 bits per heavy atom. The number of halogens is 5. The normalized spacial score (nSPS) is 14.1. The quantitative estimate of drug-likeness (QED) is 0.374. The summed E-state index contributed by atoms with van der Waals surface area (Å²) in [5.74, 6) is -3.57. The summed E-state index contributed by atoms with van der Waals surface area (Å²) in [5.41, 5.74) is -2.89. The standard InChI is InChI=1S/C22H22F5NO4/c1-11(29)12-5-7-18(30)15(8-12)14-6-4-13(9-16(14)23)19(22(25,26)27)28-17(20(31)32)10-21(2,3)24/h4-9,17,19,28,30H,10H2,1-3H3,(H,31,32). The molecule has 0 spiro atoms. The molecule has 2 aromatic rings. The lowest BCUT2D eigenvalue weighted by Gasteiger charge is -2.28. The molecule has 0 saturated carbocycles. The molecule has 2 unspecified atom stereocenters. The van der Waals surface area contributed by atoms with Gasteiger partial charge in [-0.05, 0) is 50.6 Å². The van der Waals surface area contributed by atoms with E-state index in [1.807, 2.05) is 5.32 Å². The first-order valence-electron chi connectivity index (χ1n) is 9.48. The molecule has 0 saturated heterocycles. The number of carbonyl (C=O) groups is 2. The van der Waals surface area contributed by atoms with Crippen molar-refractivity contribution in [2.75, 3.05) is 0 Å². The summed E-state index contributed by atoms with van der Waals surface area (Å²) < 4.78 is 69.7. The Hall–Kier alpha value is -3.01. The number of aliphatic carboxylic acids is 1. The molecule has 2 atom stereocenters. The second kappa shape index (κ2) is 9.23. The minimum absolute atomic E-state index is 0.0964. The number of benzene rings is 2. The van der Waals surface area contributed by atoms with Gasteiger partial charge in [0.05, 0.1) is 0 Å². The van der Waals surface area contributed by atoms with E-state index < -0.39 is 47.7 Å². The first-order valence-corrected chi connectivity index (χ1v) is 9.48. The largest absolute Gasteiger partial charge is 0.507 e.